The largest absolute Gasteiger partial charge is 0.493 e. The van der Waals surface area contributed by atoms with E-state index in [1.807, 2.05) is 37.3 Å². The molecule has 1 aliphatic rings. The first-order valence-electron chi connectivity index (χ1n) is 9.85. The smallest absolute Gasteiger partial charge is 0.270 e. The number of thiocarbonyl (C=S) groups is 1. The average molecular weight is 466 g/mol. The Hall–Kier alpha value is -3.16. The molecule has 1 heterocycles. The molecular weight excluding hydrogens is 445 g/mol. The lowest BCUT2D eigenvalue weighted by atomic mass is 10.1. The Kier molecular flexibility index (Phi) is 6.58. The Morgan fingerprint density at radius 3 is 2.62 bits per heavy atom. The number of nitrogens with zero attached hydrogens (tertiary/aromatic N) is 1. The van der Waals surface area contributed by atoms with Crippen molar-refractivity contribution >= 4 is 46.0 Å². The van der Waals surface area contributed by atoms with Crippen LogP contribution in [0.3, 0.4) is 0 Å². The quantitative estimate of drug-likeness (QED) is 0.324. The van der Waals surface area contributed by atoms with Gasteiger partial charge in [-0.15, -0.1) is 0 Å². The van der Waals surface area contributed by atoms with Crippen LogP contribution in [0.25, 0.3) is 6.08 Å². The summed E-state index contributed by atoms with van der Waals surface area (Å²) in [5, 5.41) is 0. The number of carbonyl (C=O) groups is 1. The number of rotatable bonds is 6. The van der Waals surface area contributed by atoms with Gasteiger partial charge in [-0.1, -0.05) is 60.4 Å². The summed E-state index contributed by atoms with van der Waals surface area (Å²) >= 11 is 6.71. The van der Waals surface area contributed by atoms with Gasteiger partial charge >= 0.3 is 0 Å². The highest BCUT2D eigenvalue weighted by molar-refractivity contribution is 8.27. The zero-order chi connectivity index (χ0) is 22.7. The summed E-state index contributed by atoms with van der Waals surface area (Å²) in [6, 6.07) is 19.4. The van der Waals surface area contributed by atoms with Crippen LogP contribution in [0.2, 0.25) is 0 Å². The Morgan fingerprint density at radius 2 is 1.88 bits per heavy atom. The van der Waals surface area contributed by atoms with Crippen LogP contribution in [0, 0.1) is 12.7 Å². The van der Waals surface area contributed by atoms with E-state index in [1.165, 1.54) is 29.8 Å². The Labute approximate surface area is 195 Å². The average Bonchev–Trinajstić information content (AvgIpc) is 3.06. The van der Waals surface area contributed by atoms with Gasteiger partial charge in [-0.05, 0) is 54.5 Å². The van der Waals surface area contributed by atoms with Crippen molar-refractivity contribution in [3.05, 3.63) is 94.1 Å². The first kappa shape index (κ1) is 22.0. The molecule has 0 aliphatic carbocycles. The van der Waals surface area contributed by atoms with Gasteiger partial charge in [0.05, 0.1) is 17.7 Å². The molecule has 0 aromatic heterocycles. The van der Waals surface area contributed by atoms with Gasteiger partial charge in [0.15, 0.2) is 15.8 Å². The molecule has 162 valence electrons. The molecule has 0 unspecified atom stereocenters. The van der Waals surface area contributed by atoms with E-state index in [2.05, 4.69) is 0 Å². The summed E-state index contributed by atoms with van der Waals surface area (Å²) in [4.78, 5) is 15.1. The summed E-state index contributed by atoms with van der Waals surface area (Å²) in [6.45, 7) is 2.03. The highest BCUT2D eigenvalue weighted by Crippen LogP contribution is 2.37. The lowest BCUT2D eigenvalue weighted by molar-refractivity contribution is -0.113. The van der Waals surface area contributed by atoms with Gasteiger partial charge in [0, 0.05) is 5.56 Å². The van der Waals surface area contributed by atoms with Crippen LogP contribution in [0.15, 0.2) is 71.6 Å². The standard InChI is InChI=1S/C25H20FNO3S2/c1-16-6-5-8-19(12-16)27-24(28)23(32-25(27)31)14-17-10-11-21(29-2)22(13-17)30-15-18-7-3-4-9-20(18)26/h3-14H,15H2,1-2H3/b23-14+. The molecule has 32 heavy (non-hydrogen) atoms. The monoisotopic (exact) mass is 465 g/mol. The van der Waals surface area contributed by atoms with Crippen molar-refractivity contribution in [2.75, 3.05) is 12.0 Å². The van der Waals surface area contributed by atoms with E-state index in [1.54, 1.807) is 36.4 Å². The fourth-order valence-electron chi connectivity index (χ4n) is 3.28. The lowest BCUT2D eigenvalue weighted by Crippen LogP contribution is -2.27. The number of benzene rings is 3. The number of aryl methyl sites for hydroxylation is 1. The van der Waals surface area contributed by atoms with Gasteiger partial charge < -0.3 is 9.47 Å². The van der Waals surface area contributed by atoms with Crippen molar-refractivity contribution in [3.8, 4) is 11.5 Å². The molecule has 0 atom stereocenters. The summed E-state index contributed by atoms with van der Waals surface area (Å²) in [7, 11) is 1.54. The van der Waals surface area contributed by atoms with Gasteiger partial charge in [-0.3, -0.25) is 9.69 Å². The SMILES string of the molecule is COc1ccc(/C=C2/SC(=S)N(c3cccc(C)c3)C2=O)cc1OCc1ccccc1F. The first-order chi connectivity index (χ1) is 15.5. The van der Waals surface area contributed by atoms with E-state index in [0.717, 1.165) is 16.8 Å². The van der Waals surface area contributed by atoms with E-state index in [4.69, 9.17) is 21.7 Å². The zero-order valence-corrected chi connectivity index (χ0v) is 19.1. The Morgan fingerprint density at radius 1 is 1.06 bits per heavy atom. The molecule has 3 aromatic rings. The molecule has 7 heteroatoms. The van der Waals surface area contributed by atoms with Gasteiger partial charge in [0.2, 0.25) is 0 Å². The third-order valence-electron chi connectivity index (χ3n) is 4.88. The Bertz CT molecular complexity index is 1230. The van der Waals surface area contributed by atoms with E-state index in [0.29, 0.717) is 26.3 Å². The van der Waals surface area contributed by atoms with Crippen LogP contribution in [-0.4, -0.2) is 17.3 Å². The van der Waals surface area contributed by atoms with E-state index >= 15 is 0 Å². The van der Waals surface area contributed by atoms with E-state index in [-0.39, 0.29) is 18.3 Å². The van der Waals surface area contributed by atoms with Gasteiger partial charge in [0.25, 0.3) is 5.91 Å². The number of amides is 1. The zero-order valence-electron chi connectivity index (χ0n) is 17.5. The second-order valence-corrected chi connectivity index (χ2v) is 8.82. The maximum atomic E-state index is 13.9. The highest BCUT2D eigenvalue weighted by Gasteiger charge is 2.33. The van der Waals surface area contributed by atoms with Crippen LogP contribution < -0.4 is 14.4 Å². The van der Waals surface area contributed by atoms with Crippen LogP contribution in [0.4, 0.5) is 10.1 Å². The molecule has 4 rings (SSSR count). The lowest BCUT2D eigenvalue weighted by Gasteiger charge is -2.15. The predicted molar refractivity (Wildman–Crippen MR) is 131 cm³/mol. The van der Waals surface area contributed by atoms with Crippen molar-refractivity contribution in [1.29, 1.82) is 0 Å². The normalized spacial score (nSPS) is 14.8. The molecule has 1 aliphatic heterocycles. The number of hydrogen-bond donors (Lipinski definition) is 0. The van der Waals surface area contributed by atoms with Crippen molar-refractivity contribution < 1.29 is 18.7 Å². The number of hydrogen-bond acceptors (Lipinski definition) is 5. The number of ether oxygens (including phenoxy) is 2. The summed E-state index contributed by atoms with van der Waals surface area (Å²) in [6.07, 6.45) is 1.77. The molecule has 0 spiro atoms. The summed E-state index contributed by atoms with van der Waals surface area (Å²) in [5.74, 6) is 0.474. The maximum absolute atomic E-state index is 13.9. The fourth-order valence-corrected chi connectivity index (χ4v) is 4.57. The highest BCUT2D eigenvalue weighted by atomic mass is 32.2. The van der Waals surface area contributed by atoms with Crippen LogP contribution in [0.5, 0.6) is 11.5 Å². The molecule has 1 fully saturated rings. The molecule has 4 nitrogen and oxygen atoms in total. The van der Waals surface area contributed by atoms with Gasteiger partial charge in [-0.25, -0.2) is 4.39 Å². The Balaban J connectivity index is 1.58. The second kappa shape index (κ2) is 9.54. The molecule has 0 bridgehead atoms. The molecule has 1 saturated heterocycles. The summed E-state index contributed by atoms with van der Waals surface area (Å²) < 4.78 is 25.6. The molecule has 0 saturated carbocycles. The van der Waals surface area contributed by atoms with Crippen molar-refractivity contribution in [2.45, 2.75) is 13.5 Å². The van der Waals surface area contributed by atoms with Gasteiger partial charge in [-0.2, -0.15) is 0 Å². The molecular formula is C25H20FNO3S2. The minimum Gasteiger partial charge on any atom is -0.493 e. The number of anilines is 1. The topological polar surface area (TPSA) is 38.8 Å². The fraction of sp³-hybridized carbons (Fsp3) is 0.120. The van der Waals surface area contributed by atoms with Gasteiger partial charge in [0.1, 0.15) is 12.4 Å². The van der Waals surface area contributed by atoms with Crippen LogP contribution in [-0.2, 0) is 11.4 Å². The number of methoxy groups -OCH3 is 1. The number of carbonyl (C=O) groups excluding carboxylic acids is 1. The summed E-state index contributed by atoms with van der Waals surface area (Å²) in [5.41, 5.74) is 2.99. The van der Waals surface area contributed by atoms with Crippen molar-refractivity contribution in [2.24, 2.45) is 0 Å². The third kappa shape index (κ3) is 4.69. The minimum atomic E-state index is -0.331. The first-order valence-corrected chi connectivity index (χ1v) is 11.1. The van der Waals surface area contributed by atoms with Crippen LogP contribution in [0.1, 0.15) is 16.7 Å². The predicted octanol–water partition coefficient (Wildman–Crippen LogP) is 6.13. The molecule has 0 N–H and O–H groups in total. The molecule has 3 aromatic carbocycles. The number of halogens is 1. The van der Waals surface area contributed by atoms with E-state index < -0.39 is 0 Å². The third-order valence-corrected chi connectivity index (χ3v) is 6.18. The van der Waals surface area contributed by atoms with E-state index in [9.17, 15) is 9.18 Å². The minimum absolute atomic E-state index is 0.0575. The second-order valence-electron chi connectivity index (χ2n) is 7.15. The van der Waals surface area contributed by atoms with Crippen molar-refractivity contribution in [3.63, 3.8) is 0 Å². The van der Waals surface area contributed by atoms with Crippen LogP contribution >= 0.6 is 24.0 Å². The molecule has 1 amide bonds. The number of thioether (sulfide) groups is 1. The van der Waals surface area contributed by atoms with Crippen molar-refractivity contribution in [1.82, 2.24) is 0 Å². The molecule has 0 radical (unpaired) electrons. The maximum Gasteiger partial charge on any atom is 0.270 e.